The maximum atomic E-state index is 11.9. The molecule has 6 heteroatoms. The van der Waals surface area contributed by atoms with Crippen molar-refractivity contribution in [1.82, 2.24) is 9.55 Å². The summed E-state index contributed by atoms with van der Waals surface area (Å²) in [5.41, 5.74) is 7.02. The van der Waals surface area contributed by atoms with Gasteiger partial charge in [0, 0.05) is 24.9 Å². The molecule has 0 fully saturated rings. The zero-order chi connectivity index (χ0) is 14.5. The first-order valence-corrected chi connectivity index (χ1v) is 6.78. The Morgan fingerprint density at radius 3 is 3.00 bits per heavy atom. The number of carbonyl (C=O) groups excluding carboxylic acids is 1. The van der Waals surface area contributed by atoms with Crippen LogP contribution in [0.15, 0.2) is 36.9 Å². The normalized spacial score (nSPS) is 12.2. The second-order valence-corrected chi connectivity index (χ2v) is 5.08. The Balaban J connectivity index is 2.20. The number of rotatable bonds is 5. The lowest BCUT2D eigenvalue weighted by molar-refractivity contribution is -0.116. The Bertz CT molecular complexity index is 581. The van der Waals surface area contributed by atoms with Crippen LogP contribution in [0.4, 0.5) is 5.69 Å². The smallest absolute Gasteiger partial charge is 0.224 e. The van der Waals surface area contributed by atoms with E-state index in [4.69, 9.17) is 17.3 Å². The van der Waals surface area contributed by atoms with Crippen molar-refractivity contribution >= 4 is 23.2 Å². The third-order valence-electron chi connectivity index (χ3n) is 2.85. The molecule has 2 rings (SSSR count). The molecular weight excluding hydrogens is 276 g/mol. The molecule has 20 heavy (non-hydrogen) atoms. The predicted molar refractivity (Wildman–Crippen MR) is 80.1 cm³/mol. The fourth-order valence-corrected chi connectivity index (χ4v) is 2.11. The molecule has 0 spiro atoms. The topological polar surface area (TPSA) is 72.9 Å². The van der Waals surface area contributed by atoms with Crippen LogP contribution in [-0.4, -0.2) is 21.5 Å². The summed E-state index contributed by atoms with van der Waals surface area (Å²) in [6.07, 6.45) is 6.10. The van der Waals surface area contributed by atoms with Gasteiger partial charge < -0.3 is 15.6 Å². The van der Waals surface area contributed by atoms with E-state index in [0.29, 0.717) is 29.2 Å². The van der Waals surface area contributed by atoms with Crippen LogP contribution in [-0.2, 0) is 4.79 Å². The molecular formula is C14H17ClN4O. The fourth-order valence-electron chi connectivity index (χ4n) is 1.84. The molecule has 0 aliphatic carbocycles. The van der Waals surface area contributed by atoms with Crippen molar-refractivity contribution < 1.29 is 4.79 Å². The molecule has 1 aromatic carbocycles. The molecule has 5 nitrogen and oxygen atoms in total. The van der Waals surface area contributed by atoms with E-state index in [1.807, 2.05) is 13.0 Å². The minimum Gasteiger partial charge on any atom is -0.328 e. The lowest BCUT2D eigenvalue weighted by Crippen LogP contribution is -2.20. The highest BCUT2D eigenvalue weighted by Crippen LogP contribution is 2.28. The lowest BCUT2D eigenvalue weighted by Gasteiger charge is -2.13. The predicted octanol–water partition coefficient (Wildman–Crippen LogP) is 2.59. The number of aromatic nitrogens is 2. The van der Waals surface area contributed by atoms with Gasteiger partial charge in [-0.05, 0) is 25.5 Å². The molecule has 106 valence electrons. The van der Waals surface area contributed by atoms with Gasteiger partial charge in [0.1, 0.15) is 0 Å². The molecule has 1 unspecified atom stereocenters. The van der Waals surface area contributed by atoms with Crippen LogP contribution in [0.5, 0.6) is 0 Å². The minimum absolute atomic E-state index is 0.00762. The monoisotopic (exact) mass is 292 g/mol. The van der Waals surface area contributed by atoms with Crippen molar-refractivity contribution in [1.29, 1.82) is 0 Å². The molecule has 0 aliphatic heterocycles. The average Bonchev–Trinajstić information content (AvgIpc) is 2.90. The summed E-state index contributed by atoms with van der Waals surface area (Å²) in [4.78, 5) is 15.9. The second kappa shape index (κ2) is 6.54. The highest BCUT2D eigenvalue weighted by Gasteiger charge is 2.12. The zero-order valence-corrected chi connectivity index (χ0v) is 12.0. The van der Waals surface area contributed by atoms with E-state index in [-0.39, 0.29) is 11.9 Å². The SMILES string of the molecule is CC(N)CCC(=O)Nc1cccc(Cl)c1-n1ccnc1. The average molecular weight is 293 g/mol. The quantitative estimate of drug-likeness (QED) is 0.889. The van der Waals surface area contributed by atoms with Crippen molar-refractivity contribution in [3.05, 3.63) is 41.9 Å². The van der Waals surface area contributed by atoms with Crippen molar-refractivity contribution in [2.45, 2.75) is 25.8 Å². The van der Waals surface area contributed by atoms with Crippen molar-refractivity contribution in [3.63, 3.8) is 0 Å². The first-order chi connectivity index (χ1) is 9.58. The van der Waals surface area contributed by atoms with Crippen LogP contribution in [0.3, 0.4) is 0 Å². The van der Waals surface area contributed by atoms with E-state index in [9.17, 15) is 4.79 Å². The van der Waals surface area contributed by atoms with Crippen molar-refractivity contribution in [3.8, 4) is 5.69 Å². The van der Waals surface area contributed by atoms with Crippen LogP contribution < -0.4 is 11.1 Å². The summed E-state index contributed by atoms with van der Waals surface area (Å²) in [7, 11) is 0. The fraction of sp³-hybridized carbons (Fsp3) is 0.286. The van der Waals surface area contributed by atoms with Gasteiger partial charge in [0.15, 0.2) is 0 Å². The Labute approximate surface area is 122 Å². The lowest BCUT2D eigenvalue weighted by atomic mass is 10.2. The standard InChI is InChI=1S/C14H17ClN4O/c1-10(16)5-6-13(20)18-12-4-2-3-11(15)14(12)19-8-7-17-9-19/h2-4,7-10H,5-6,16H2,1H3,(H,18,20). The molecule has 2 aromatic rings. The van der Waals surface area contributed by atoms with Crippen molar-refractivity contribution in [2.24, 2.45) is 5.73 Å². The number of hydrogen-bond donors (Lipinski definition) is 2. The number of para-hydroxylation sites is 1. The number of nitrogens with two attached hydrogens (primary N) is 1. The van der Waals surface area contributed by atoms with Crippen molar-refractivity contribution in [2.75, 3.05) is 5.32 Å². The van der Waals surface area contributed by atoms with E-state index >= 15 is 0 Å². The zero-order valence-electron chi connectivity index (χ0n) is 11.2. The summed E-state index contributed by atoms with van der Waals surface area (Å²) < 4.78 is 1.77. The van der Waals surface area contributed by atoms with Gasteiger partial charge >= 0.3 is 0 Å². The number of benzene rings is 1. The number of carbonyl (C=O) groups is 1. The summed E-state index contributed by atoms with van der Waals surface area (Å²) in [6, 6.07) is 5.39. The molecule has 1 atom stereocenters. The summed E-state index contributed by atoms with van der Waals surface area (Å²) in [6.45, 7) is 1.88. The molecule has 0 aliphatic rings. The van der Waals surface area contributed by atoms with Gasteiger partial charge in [-0.2, -0.15) is 0 Å². The van der Waals surface area contributed by atoms with E-state index in [0.717, 1.165) is 0 Å². The molecule has 1 aromatic heterocycles. The van der Waals surface area contributed by atoms with Crippen LogP contribution in [0, 0.1) is 0 Å². The van der Waals surface area contributed by atoms with Gasteiger partial charge in [0.2, 0.25) is 5.91 Å². The number of hydrogen-bond acceptors (Lipinski definition) is 3. The van der Waals surface area contributed by atoms with Gasteiger partial charge in [-0.1, -0.05) is 17.7 Å². The van der Waals surface area contributed by atoms with Gasteiger partial charge in [0.05, 0.1) is 22.7 Å². The van der Waals surface area contributed by atoms with Gasteiger partial charge in [0.25, 0.3) is 0 Å². The summed E-state index contributed by atoms with van der Waals surface area (Å²) >= 11 is 6.21. The first kappa shape index (κ1) is 14.6. The third kappa shape index (κ3) is 3.59. The third-order valence-corrected chi connectivity index (χ3v) is 3.16. The number of imidazole rings is 1. The van der Waals surface area contributed by atoms with E-state index in [1.165, 1.54) is 0 Å². The van der Waals surface area contributed by atoms with E-state index in [2.05, 4.69) is 10.3 Å². The Morgan fingerprint density at radius 2 is 2.35 bits per heavy atom. The highest BCUT2D eigenvalue weighted by molar-refractivity contribution is 6.33. The van der Waals surface area contributed by atoms with Crippen LogP contribution in [0.25, 0.3) is 5.69 Å². The van der Waals surface area contributed by atoms with E-state index in [1.54, 1.807) is 35.4 Å². The number of amides is 1. The molecule has 0 saturated carbocycles. The largest absolute Gasteiger partial charge is 0.328 e. The van der Waals surface area contributed by atoms with E-state index < -0.39 is 0 Å². The molecule has 3 N–H and O–H groups in total. The molecule has 0 bridgehead atoms. The van der Waals surface area contributed by atoms with Gasteiger partial charge in [-0.3, -0.25) is 4.79 Å². The number of nitrogens with one attached hydrogen (secondary N) is 1. The number of nitrogens with zero attached hydrogens (tertiary/aromatic N) is 2. The maximum absolute atomic E-state index is 11.9. The molecule has 0 saturated heterocycles. The second-order valence-electron chi connectivity index (χ2n) is 4.67. The van der Waals surface area contributed by atoms with Crippen LogP contribution >= 0.6 is 11.6 Å². The van der Waals surface area contributed by atoms with Gasteiger partial charge in [-0.25, -0.2) is 4.98 Å². The minimum atomic E-state index is -0.0778. The van der Waals surface area contributed by atoms with Gasteiger partial charge in [-0.15, -0.1) is 0 Å². The Hall–Kier alpha value is -1.85. The summed E-state index contributed by atoms with van der Waals surface area (Å²) in [5, 5.41) is 3.42. The number of halogens is 1. The summed E-state index contributed by atoms with van der Waals surface area (Å²) in [5.74, 6) is -0.0778. The molecule has 0 radical (unpaired) electrons. The maximum Gasteiger partial charge on any atom is 0.224 e. The van der Waals surface area contributed by atoms with Crippen LogP contribution in [0.2, 0.25) is 5.02 Å². The highest BCUT2D eigenvalue weighted by atomic mass is 35.5. The molecule has 1 amide bonds. The van der Waals surface area contributed by atoms with Crippen LogP contribution in [0.1, 0.15) is 19.8 Å². The number of anilines is 1. The first-order valence-electron chi connectivity index (χ1n) is 6.40. The Kier molecular flexibility index (Phi) is 4.76. The Morgan fingerprint density at radius 1 is 1.55 bits per heavy atom. The molecule has 1 heterocycles.